The number of aliphatic hydroxyl groups is 1. The maximum absolute atomic E-state index is 12.3. The Morgan fingerprint density at radius 2 is 2.00 bits per heavy atom. The summed E-state index contributed by atoms with van der Waals surface area (Å²) < 4.78 is 27.0. The van der Waals surface area contributed by atoms with E-state index in [0.717, 1.165) is 25.0 Å². The number of nitro groups is 1. The molecule has 1 aromatic carbocycles. The van der Waals surface area contributed by atoms with Crippen LogP contribution < -0.4 is 4.72 Å². The second kappa shape index (κ2) is 6.27. The summed E-state index contributed by atoms with van der Waals surface area (Å²) >= 11 is 5.84. The summed E-state index contributed by atoms with van der Waals surface area (Å²) in [4.78, 5) is 9.70. The van der Waals surface area contributed by atoms with E-state index in [1.165, 1.54) is 6.07 Å². The molecule has 21 heavy (non-hydrogen) atoms. The fourth-order valence-corrected chi connectivity index (χ4v) is 4.15. The Kier molecular flexibility index (Phi) is 4.82. The highest BCUT2D eigenvalue weighted by Crippen LogP contribution is 2.27. The van der Waals surface area contributed by atoms with Gasteiger partial charge in [-0.1, -0.05) is 24.4 Å². The average molecular weight is 335 g/mol. The van der Waals surface area contributed by atoms with Crippen molar-refractivity contribution in [3.63, 3.8) is 0 Å². The van der Waals surface area contributed by atoms with Gasteiger partial charge in [-0.25, -0.2) is 13.1 Å². The highest BCUT2D eigenvalue weighted by Gasteiger charge is 2.30. The minimum atomic E-state index is -4.03. The monoisotopic (exact) mass is 334 g/mol. The van der Waals surface area contributed by atoms with Crippen LogP contribution in [0.25, 0.3) is 0 Å². The summed E-state index contributed by atoms with van der Waals surface area (Å²) in [5, 5.41) is 20.5. The van der Waals surface area contributed by atoms with Gasteiger partial charge in [0.25, 0.3) is 5.69 Å². The normalized spacial score (nSPS) is 23.0. The van der Waals surface area contributed by atoms with E-state index in [4.69, 9.17) is 11.6 Å². The minimum Gasteiger partial charge on any atom is -0.391 e. The predicted octanol–water partition coefficient (Wildman–Crippen LogP) is 1.83. The van der Waals surface area contributed by atoms with Crippen LogP contribution in [0, 0.1) is 10.1 Å². The second-order valence-corrected chi connectivity index (χ2v) is 7.04. The van der Waals surface area contributed by atoms with Crippen molar-refractivity contribution in [3.05, 3.63) is 33.3 Å². The van der Waals surface area contributed by atoms with Gasteiger partial charge in [-0.2, -0.15) is 0 Å². The molecule has 2 N–H and O–H groups in total. The lowest BCUT2D eigenvalue weighted by Gasteiger charge is -2.28. The number of rotatable bonds is 4. The van der Waals surface area contributed by atoms with E-state index >= 15 is 0 Å². The number of benzene rings is 1. The lowest BCUT2D eigenvalue weighted by Crippen LogP contribution is -2.45. The van der Waals surface area contributed by atoms with Crippen molar-refractivity contribution in [2.24, 2.45) is 0 Å². The van der Waals surface area contributed by atoms with Crippen LogP contribution in [0.1, 0.15) is 25.7 Å². The van der Waals surface area contributed by atoms with Crippen molar-refractivity contribution in [1.82, 2.24) is 4.72 Å². The van der Waals surface area contributed by atoms with Crippen LogP contribution in [0.2, 0.25) is 5.02 Å². The molecule has 2 atom stereocenters. The molecule has 0 bridgehead atoms. The van der Waals surface area contributed by atoms with Crippen LogP contribution in [0.4, 0.5) is 5.69 Å². The maximum Gasteiger partial charge on any atom is 0.270 e. The Bertz CT molecular complexity index is 649. The zero-order valence-electron chi connectivity index (χ0n) is 11.0. The number of nitro benzene ring substituents is 1. The number of halogens is 1. The molecule has 0 amide bonds. The molecule has 1 aromatic rings. The Balaban J connectivity index is 2.30. The van der Waals surface area contributed by atoms with Crippen molar-refractivity contribution in [1.29, 1.82) is 0 Å². The molecule has 0 aromatic heterocycles. The first-order chi connectivity index (χ1) is 9.81. The molecule has 1 aliphatic rings. The lowest BCUT2D eigenvalue weighted by atomic mass is 9.93. The third-order valence-corrected chi connectivity index (χ3v) is 5.42. The summed E-state index contributed by atoms with van der Waals surface area (Å²) in [5.41, 5.74) is -0.357. The van der Waals surface area contributed by atoms with Gasteiger partial charge in [0.15, 0.2) is 0 Å². The molecule has 2 rings (SSSR count). The van der Waals surface area contributed by atoms with E-state index in [0.29, 0.717) is 12.8 Å². The number of hydrogen-bond acceptors (Lipinski definition) is 5. The Morgan fingerprint density at radius 3 is 2.62 bits per heavy atom. The molecule has 0 heterocycles. The molecule has 0 saturated heterocycles. The molecule has 116 valence electrons. The number of aliphatic hydroxyl groups excluding tert-OH is 1. The molecule has 0 spiro atoms. The van der Waals surface area contributed by atoms with Gasteiger partial charge >= 0.3 is 0 Å². The SMILES string of the molecule is O=[N+]([O-])c1ccc(Cl)c(S(=O)(=O)NC2CCCCC2O)c1. The molecular weight excluding hydrogens is 320 g/mol. The van der Waals surface area contributed by atoms with E-state index in [1.807, 2.05) is 0 Å². The fourth-order valence-electron chi connectivity index (χ4n) is 2.32. The number of nitrogens with one attached hydrogen (secondary N) is 1. The third-order valence-electron chi connectivity index (χ3n) is 3.45. The van der Waals surface area contributed by atoms with Crippen LogP contribution in [0.15, 0.2) is 23.1 Å². The molecule has 0 radical (unpaired) electrons. The van der Waals surface area contributed by atoms with E-state index in [2.05, 4.69) is 4.72 Å². The topological polar surface area (TPSA) is 110 Å². The smallest absolute Gasteiger partial charge is 0.270 e. The van der Waals surface area contributed by atoms with Crippen LogP contribution >= 0.6 is 11.6 Å². The molecule has 2 unspecified atom stereocenters. The standard InChI is InChI=1S/C12H15ClN2O5S/c13-9-6-5-8(15(17)18)7-12(9)21(19,20)14-10-3-1-2-4-11(10)16/h5-7,10-11,14,16H,1-4H2. The van der Waals surface area contributed by atoms with Gasteiger partial charge in [-0.3, -0.25) is 10.1 Å². The highest BCUT2D eigenvalue weighted by molar-refractivity contribution is 7.89. The molecular formula is C12H15ClN2O5S. The Morgan fingerprint density at radius 1 is 1.33 bits per heavy atom. The van der Waals surface area contributed by atoms with Crippen molar-refractivity contribution in [2.75, 3.05) is 0 Å². The van der Waals surface area contributed by atoms with Gasteiger partial charge in [-0.05, 0) is 18.9 Å². The van der Waals surface area contributed by atoms with Gasteiger partial charge in [0.2, 0.25) is 10.0 Å². The molecule has 7 nitrogen and oxygen atoms in total. The zero-order chi connectivity index (χ0) is 15.6. The first-order valence-electron chi connectivity index (χ1n) is 6.45. The Labute approximate surface area is 127 Å². The van der Waals surface area contributed by atoms with Crippen LogP contribution in [-0.4, -0.2) is 30.6 Å². The van der Waals surface area contributed by atoms with Crippen LogP contribution in [0.3, 0.4) is 0 Å². The third kappa shape index (κ3) is 3.70. The zero-order valence-corrected chi connectivity index (χ0v) is 12.6. The number of non-ortho nitro benzene ring substituents is 1. The Hall–Kier alpha value is -1.22. The molecule has 0 aliphatic heterocycles. The van der Waals surface area contributed by atoms with Gasteiger partial charge in [0, 0.05) is 18.2 Å². The first kappa shape index (κ1) is 16.2. The highest BCUT2D eigenvalue weighted by atomic mass is 35.5. The van der Waals surface area contributed by atoms with Crippen LogP contribution in [0.5, 0.6) is 0 Å². The van der Waals surface area contributed by atoms with E-state index in [1.54, 1.807) is 0 Å². The molecule has 9 heteroatoms. The van der Waals surface area contributed by atoms with Gasteiger partial charge in [-0.15, -0.1) is 0 Å². The fraction of sp³-hybridized carbons (Fsp3) is 0.500. The molecule has 1 fully saturated rings. The largest absolute Gasteiger partial charge is 0.391 e. The maximum atomic E-state index is 12.3. The number of hydrogen-bond donors (Lipinski definition) is 2. The summed E-state index contributed by atoms with van der Waals surface area (Å²) in [7, 11) is -4.03. The average Bonchev–Trinajstić information content (AvgIpc) is 2.41. The second-order valence-electron chi connectivity index (χ2n) is 4.95. The summed E-state index contributed by atoms with van der Waals surface area (Å²) in [6.07, 6.45) is 1.94. The van der Waals surface area contributed by atoms with E-state index < -0.39 is 27.1 Å². The van der Waals surface area contributed by atoms with Gasteiger partial charge < -0.3 is 5.11 Å². The molecule has 1 aliphatic carbocycles. The van der Waals surface area contributed by atoms with Gasteiger partial charge in [0.1, 0.15) is 4.90 Å². The van der Waals surface area contributed by atoms with E-state index in [-0.39, 0.29) is 15.6 Å². The van der Waals surface area contributed by atoms with Crippen LogP contribution in [-0.2, 0) is 10.0 Å². The summed E-state index contributed by atoms with van der Waals surface area (Å²) in [6.45, 7) is 0. The summed E-state index contributed by atoms with van der Waals surface area (Å²) in [6, 6.07) is 2.63. The minimum absolute atomic E-state index is 0.0987. The number of nitrogens with zero attached hydrogens (tertiary/aromatic N) is 1. The van der Waals surface area contributed by atoms with Crippen molar-refractivity contribution < 1.29 is 18.4 Å². The predicted molar refractivity (Wildman–Crippen MR) is 76.7 cm³/mol. The van der Waals surface area contributed by atoms with E-state index in [9.17, 15) is 23.6 Å². The summed E-state index contributed by atoms with van der Waals surface area (Å²) in [5.74, 6) is 0. The lowest BCUT2D eigenvalue weighted by molar-refractivity contribution is -0.385. The number of sulfonamides is 1. The van der Waals surface area contributed by atoms with Crippen molar-refractivity contribution in [2.45, 2.75) is 42.7 Å². The van der Waals surface area contributed by atoms with Gasteiger partial charge in [0.05, 0.1) is 16.0 Å². The van der Waals surface area contributed by atoms with Crippen molar-refractivity contribution in [3.8, 4) is 0 Å². The quantitative estimate of drug-likeness (QED) is 0.644. The van der Waals surface area contributed by atoms with Crippen molar-refractivity contribution >= 4 is 27.3 Å². The molecule has 1 saturated carbocycles. The first-order valence-corrected chi connectivity index (χ1v) is 8.32.